The minimum Gasteiger partial charge on any atom is -0.264 e. The van der Waals surface area contributed by atoms with Crippen LogP contribution in [0.4, 0.5) is 0 Å². The number of hydrogen-bond donors (Lipinski definition) is 0. The Kier molecular flexibility index (Phi) is 2.69. The SMILES string of the molecule is Cc1cnccc1CS(=O)(=O)Cl. The molecule has 0 saturated heterocycles. The Balaban J connectivity index is 2.98. The van der Waals surface area contributed by atoms with Gasteiger partial charge in [-0.15, -0.1) is 0 Å². The maximum atomic E-state index is 10.7. The van der Waals surface area contributed by atoms with Crippen molar-refractivity contribution in [3.8, 4) is 0 Å². The number of nitrogens with zero attached hydrogens (tertiary/aromatic N) is 1. The second kappa shape index (κ2) is 3.41. The molecule has 0 amide bonds. The van der Waals surface area contributed by atoms with Gasteiger partial charge in [0.05, 0.1) is 5.75 Å². The van der Waals surface area contributed by atoms with E-state index in [0.717, 1.165) is 5.56 Å². The molecule has 66 valence electrons. The van der Waals surface area contributed by atoms with Crippen molar-refractivity contribution >= 4 is 19.7 Å². The molecule has 3 nitrogen and oxygen atoms in total. The van der Waals surface area contributed by atoms with Crippen molar-refractivity contribution in [1.29, 1.82) is 0 Å². The molecule has 1 heterocycles. The Labute approximate surface area is 75.8 Å². The number of pyridine rings is 1. The summed E-state index contributed by atoms with van der Waals surface area (Å²) in [6.45, 7) is 1.80. The maximum absolute atomic E-state index is 10.7. The second-order valence-electron chi connectivity index (χ2n) is 2.49. The third-order valence-corrected chi connectivity index (χ3v) is 2.45. The molecule has 1 rings (SSSR count). The van der Waals surface area contributed by atoms with Gasteiger partial charge in [-0.25, -0.2) is 8.42 Å². The first-order valence-electron chi connectivity index (χ1n) is 3.31. The van der Waals surface area contributed by atoms with E-state index < -0.39 is 9.05 Å². The lowest BCUT2D eigenvalue weighted by Gasteiger charge is -2.00. The molecular weight excluding hydrogens is 198 g/mol. The Hall–Kier alpha value is -0.610. The van der Waals surface area contributed by atoms with Crippen molar-refractivity contribution in [2.24, 2.45) is 0 Å². The number of aryl methyl sites for hydroxylation is 1. The molecule has 0 saturated carbocycles. The van der Waals surface area contributed by atoms with Crippen LogP contribution in [0.5, 0.6) is 0 Å². The molecule has 0 bridgehead atoms. The molecule has 0 atom stereocenters. The van der Waals surface area contributed by atoms with Crippen molar-refractivity contribution in [3.05, 3.63) is 29.6 Å². The third kappa shape index (κ3) is 2.79. The van der Waals surface area contributed by atoms with Gasteiger partial charge in [0.25, 0.3) is 0 Å². The highest BCUT2D eigenvalue weighted by molar-refractivity contribution is 8.13. The van der Waals surface area contributed by atoms with Crippen LogP contribution in [0.15, 0.2) is 18.5 Å². The lowest BCUT2D eigenvalue weighted by molar-refractivity contribution is 0.608. The minimum atomic E-state index is -3.46. The highest BCUT2D eigenvalue weighted by atomic mass is 35.7. The third-order valence-electron chi connectivity index (χ3n) is 1.46. The molecule has 0 aliphatic carbocycles. The number of rotatable bonds is 2. The number of aromatic nitrogens is 1. The van der Waals surface area contributed by atoms with E-state index in [2.05, 4.69) is 4.98 Å². The highest BCUT2D eigenvalue weighted by Gasteiger charge is 2.08. The van der Waals surface area contributed by atoms with Crippen LogP contribution in [0.3, 0.4) is 0 Å². The first-order valence-corrected chi connectivity index (χ1v) is 5.79. The normalized spacial score (nSPS) is 11.5. The van der Waals surface area contributed by atoms with Gasteiger partial charge in [-0.3, -0.25) is 4.98 Å². The van der Waals surface area contributed by atoms with Gasteiger partial charge < -0.3 is 0 Å². The topological polar surface area (TPSA) is 47.0 Å². The van der Waals surface area contributed by atoms with Crippen LogP contribution in [0, 0.1) is 6.92 Å². The van der Waals surface area contributed by atoms with Crippen molar-refractivity contribution in [3.63, 3.8) is 0 Å². The van der Waals surface area contributed by atoms with E-state index in [4.69, 9.17) is 10.7 Å². The average Bonchev–Trinajstić information content (AvgIpc) is 1.91. The van der Waals surface area contributed by atoms with Crippen LogP contribution in [0.2, 0.25) is 0 Å². The van der Waals surface area contributed by atoms with Gasteiger partial charge in [0, 0.05) is 23.1 Å². The second-order valence-corrected chi connectivity index (χ2v) is 5.26. The molecule has 12 heavy (non-hydrogen) atoms. The van der Waals surface area contributed by atoms with Crippen molar-refractivity contribution < 1.29 is 8.42 Å². The molecule has 1 aromatic heterocycles. The predicted octanol–water partition coefficient (Wildman–Crippen LogP) is 1.46. The lowest BCUT2D eigenvalue weighted by Crippen LogP contribution is -1.97. The monoisotopic (exact) mass is 205 g/mol. The van der Waals surface area contributed by atoms with Crippen LogP contribution in [0.1, 0.15) is 11.1 Å². The fourth-order valence-electron chi connectivity index (χ4n) is 0.850. The molecule has 0 aromatic carbocycles. The van der Waals surface area contributed by atoms with Gasteiger partial charge in [-0.05, 0) is 24.1 Å². The summed E-state index contributed by atoms with van der Waals surface area (Å²) >= 11 is 0. The van der Waals surface area contributed by atoms with Gasteiger partial charge in [0.1, 0.15) is 0 Å². The Bertz CT molecular complexity index is 375. The Morgan fingerprint density at radius 2 is 2.25 bits per heavy atom. The Morgan fingerprint density at radius 3 is 2.75 bits per heavy atom. The maximum Gasteiger partial charge on any atom is 0.236 e. The van der Waals surface area contributed by atoms with Crippen LogP contribution < -0.4 is 0 Å². The summed E-state index contributed by atoms with van der Waals surface area (Å²) in [5, 5.41) is 0. The molecule has 5 heteroatoms. The van der Waals surface area contributed by atoms with Gasteiger partial charge >= 0.3 is 0 Å². The standard InChI is InChI=1S/C7H8ClNO2S/c1-6-4-9-3-2-7(6)5-12(8,10)11/h2-4H,5H2,1H3. The molecule has 0 aliphatic rings. The smallest absolute Gasteiger partial charge is 0.236 e. The molecular formula is C7H8ClNO2S. The summed E-state index contributed by atoms with van der Waals surface area (Å²) < 4.78 is 21.4. The molecule has 0 radical (unpaired) electrons. The molecule has 0 N–H and O–H groups in total. The van der Waals surface area contributed by atoms with Crippen LogP contribution in [-0.4, -0.2) is 13.4 Å². The quantitative estimate of drug-likeness (QED) is 0.687. The predicted molar refractivity (Wildman–Crippen MR) is 47.5 cm³/mol. The molecule has 0 aliphatic heterocycles. The first kappa shape index (κ1) is 9.48. The zero-order valence-electron chi connectivity index (χ0n) is 6.49. The van der Waals surface area contributed by atoms with E-state index in [1.54, 1.807) is 25.4 Å². The van der Waals surface area contributed by atoms with E-state index in [-0.39, 0.29) is 5.75 Å². The van der Waals surface area contributed by atoms with Crippen molar-refractivity contribution in [1.82, 2.24) is 4.98 Å². The zero-order chi connectivity index (χ0) is 9.19. The van der Waals surface area contributed by atoms with E-state index in [1.807, 2.05) is 0 Å². The molecule has 1 aromatic rings. The number of hydrogen-bond acceptors (Lipinski definition) is 3. The minimum absolute atomic E-state index is 0.136. The zero-order valence-corrected chi connectivity index (χ0v) is 8.06. The summed E-state index contributed by atoms with van der Waals surface area (Å²) in [4.78, 5) is 3.84. The molecule has 0 spiro atoms. The van der Waals surface area contributed by atoms with Gasteiger partial charge in [0.15, 0.2) is 0 Å². The van der Waals surface area contributed by atoms with Gasteiger partial charge in [0.2, 0.25) is 9.05 Å². The van der Waals surface area contributed by atoms with Crippen LogP contribution >= 0.6 is 10.7 Å². The van der Waals surface area contributed by atoms with E-state index in [9.17, 15) is 8.42 Å². The van der Waals surface area contributed by atoms with Crippen LogP contribution in [0.25, 0.3) is 0 Å². The summed E-state index contributed by atoms with van der Waals surface area (Å²) in [6, 6.07) is 1.65. The molecule has 0 fully saturated rings. The summed E-state index contributed by atoms with van der Waals surface area (Å²) in [6.07, 6.45) is 3.15. The fraction of sp³-hybridized carbons (Fsp3) is 0.286. The van der Waals surface area contributed by atoms with Crippen molar-refractivity contribution in [2.45, 2.75) is 12.7 Å². The summed E-state index contributed by atoms with van der Waals surface area (Å²) in [5.41, 5.74) is 1.53. The van der Waals surface area contributed by atoms with Gasteiger partial charge in [-0.1, -0.05) is 0 Å². The first-order chi connectivity index (χ1) is 5.49. The largest absolute Gasteiger partial charge is 0.264 e. The Morgan fingerprint density at radius 1 is 1.58 bits per heavy atom. The number of halogens is 1. The van der Waals surface area contributed by atoms with Crippen molar-refractivity contribution in [2.75, 3.05) is 0 Å². The van der Waals surface area contributed by atoms with Crippen LogP contribution in [-0.2, 0) is 14.8 Å². The van der Waals surface area contributed by atoms with E-state index in [0.29, 0.717) is 5.56 Å². The summed E-state index contributed by atoms with van der Waals surface area (Å²) in [7, 11) is 1.64. The summed E-state index contributed by atoms with van der Waals surface area (Å²) in [5.74, 6) is -0.136. The highest BCUT2D eigenvalue weighted by Crippen LogP contribution is 2.12. The fourth-order valence-corrected chi connectivity index (χ4v) is 1.90. The average molecular weight is 206 g/mol. The molecule has 0 unspecified atom stereocenters. The van der Waals surface area contributed by atoms with E-state index in [1.165, 1.54) is 0 Å². The van der Waals surface area contributed by atoms with Gasteiger partial charge in [-0.2, -0.15) is 0 Å². The van der Waals surface area contributed by atoms with E-state index >= 15 is 0 Å². The lowest BCUT2D eigenvalue weighted by atomic mass is 10.2.